The molecule has 2 N–H and O–H groups in total. The summed E-state index contributed by atoms with van der Waals surface area (Å²) in [5.41, 5.74) is 3.23. The Morgan fingerprint density at radius 3 is 2.44 bits per heavy atom. The van der Waals surface area contributed by atoms with Gasteiger partial charge in [-0.3, -0.25) is 14.8 Å². The molecule has 32 heavy (non-hydrogen) atoms. The molecule has 0 aromatic heterocycles. The number of rotatable bonds is 9. The molecule has 0 aliphatic carbocycles. The van der Waals surface area contributed by atoms with Gasteiger partial charge in [-0.15, -0.1) is 0 Å². The number of Topliss-reactive ketones (excluding diaryl/α,β-unsaturated/α-hetero) is 1. The number of amides is 1. The normalized spacial score (nSPS) is 15.7. The van der Waals surface area contributed by atoms with E-state index in [9.17, 15) is 18.0 Å². The number of carbonyl (C=O) groups is 2. The van der Waals surface area contributed by atoms with Gasteiger partial charge in [0.25, 0.3) is 5.91 Å². The van der Waals surface area contributed by atoms with E-state index in [0.717, 1.165) is 18.4 Å². The van der Waals surface area contributed by atoms with Crippen LogP contribution >= 0.6 is 0 Å². The molecule has 1 amide bonds. The van der Waals surface area contributed by atoms with Crippen LogP contribution in [0.5, 0.6) is 5.75 Å². The first kappa shape index (κ1) is 23.9. The zero-order valence-electron chi connectivity index (χ0n) is 17.9. The van der Waals surface area contributed by atoms with E-state index in [0.29, 0.717) is 17.9 Å². The van der Waals surface area contributed by atoms with Crippen LogP contribution in [-0.2, 0) is 25.8 Å². The maximum absolute atomic E-state index is 13.2. The second-order valence-electron chi connectivity index (χ2n) is 7.73. The Hall–Kier alpha value is -2.75. The Morgan fingerprint density at radius 2 is 1.81 bits per heavy atom. The van der Waals surface area contributed by atoms with E-state index in [1.165, 1.54) is 24.5 Å². The molecule has 1 aliphatic heterocycles. The number of ketones is 1. The van der Waals surface area contributed by atoms with Gasteiger partial charge in [0.05, 0.1) is 11.5 Å². The number of hydrogen-bond donors (Lipinski definition) is 2. The van der Waals surface area contributed by atoms with E-state index >= 15 is 0 Å². The van der Waals surface area contributed by atoms with E-state index < -0.39 is 20.5 Å². The van der Waals surface area contributed by atoms with Crippen molar-refractivity contribution in [2.45, 2.75) is 42.2 Å². The summed E-state index contributed by atoms with van der Waals surface area (Å²) in [4.78, 5) is 23.7. The van der Waals surface area contributed by atoms with Crippen molar-refractivity contribution >= 4 is 21.5 Å². The number of carbonyl (C=O) groups excluding carboxylic acids is 2. The van der Waals surface area contributed by atoms with Crippen LogP contribution in [0.3, 0.4) is 0 Å². The van der Waals surface area contributed by atoms with Gasteiger partial charge in [-0.1, -0.05) is 18.2 Å². The highest BCUT2D eigenvalue weighted by Gasteiger charge is 2.52. The van der Waals surface area contributed by atoms with E-state index in [1.54, 1.807) is 18.2 Å². The molecule has 2 aromatic carbocycles. The van der Waals surface area contributed by atoms with Crippen molar-refractivity contribution in [1.29, 1.82) is 0 Å². The summed E-state index contributed by atoms with van der Waals surface area (Å²) in [7, 11) is -4.06. The van der Waals surface area contributed by atoms with E-state index in [4.69, 9.17) is 14.7 Å². The van der Waals surface area contributed by atoms with Gasteiger partial charge in [-0.25, -0.2) is 13.9 Å². The van der Waals surface area contributed by atoms with Crippen LogP contribution in [0.4, 0.5) is 0 Å². The molecular weight excluding hydrogens is 434 g/mol. The summed E-state index contributed by atoms with van der Waals surface area (Å²) in [6, 6.07) is 13.4. The molecule has 1 heterocycles. The third-order valence-corrected chi connectivity index (χ3v) is 8.19. The first-order valence-electron chi connectivity index (χ1n) is 10.4. The number of benzene rings is 2. The zero-order chi connectivity index (χ0) is 23.2. The molecule has 0 bridgehead atoms. The molecule has 3 rings (SSSR count). The van der Waals surface area contributed by atoms with Crippen LogP contribution < -0.4 is 10.2 Å². The molecule has 9 heteroatoms. The predicted octanol–water partition coefficient (Wildman–Crippen LogP) is 2.73. The fourth-order valence-corrected chi connectivity index (χ4v) is 5.71. The number of hydroxylamine groups is 1. The van der Waals surface area contributed by atoms with Gasteiger partial charge in [0.15, 0.2) is 20.4 Å². The Morgan fingerprint density at radius 1 is 1.12 bits per heavy atom. The average Bonchev–Trinajstić information content (AvgIpc) is 2.82. The maximum Gasteiger partial charge on any atom is 0.265 e. The molecule has 172 valence electrons. The van der Waals surface area contributed by atoms with Crippen LogP contribution in [-0.4, -0.2) is 49.9 Å². The second kappa shape index (κ2) is 10.2. The molecule has 1 saturated heterocycles. The van der Waals surface area contributed by atoms with Crippen LogP contribution in [0.15, 0.2) is 53.4 Å². The second-order valence-corrected chi connectivity index (χ2v) is 9.99. The minimum Gasteiger partial charge on any atom is -0.494 e. The van der Waals surface area contributed by atoms with Gasteiger partial charge in [0, 0.05) is 18.8 Å². The minimum absolute atomic E-state index is 0.0172. The standard InChI is InChI=1S/C23H27NO7S/c1-17(25)19-6-2-4-18(16-19)5-3-13-31-20-7-9-21(10-8-20)32(28,29)23(22(26)24-27)11-14-30-15-12-23/h2,4,6-10,16,27H,3,5,11-15H2,1H3,(H,24,26). The third kappa shape index (κ3) is 5.01. The molecule has 1 aliphatic rings. The smallest absolute Gasteiger partial charge is 0.265 e. The number of sulfone groups is 1. The van der Waals surface area contributed by atoms with E-state index in [2.05, 4.69) is 0 Å². The molecule has 0 spiro atoms. The Balaban J connectivity index is 1.62. The number of nitrogens with one attached hydrogen (secondary N) is 1. The van der Waals surface area contributed by atoms with Gasteiger partial charge < -0.3 is 9.47 Å². The highest BCUT2D eigenvalue weighted by atomic mass is 32.2. The van der Waals surface area contributed by atoms with E-state index in [1.807, 2.05) is 18.2 Å². The summed E-state index contributed by atoms with van der Waals surface area (Å²) in [6.07, 6.45) is 1.39. The minimum atomic E-state index is -4.06. The van der Waals surface area contributed by atoms with E-state index in [-0.39, 0.29) is 36.7 Å². The Bertz CT molecular complexity index is 1060. The summed E-state index contributed by atoms with van der Waals surface area (Å²) in [5.74, 6) is -0.416. The lowest BCUT2D eigenvalue weighted by molar-refractivity contribution is -0.134. The lowest BCUT2D eigenvalue weighted by atomic mass is 9.98. The van der Waals surface area contributed by atoms with Crippen LogP contribution in [0.25, 0.3) is 0 Å². The molecule has 0 radical (unpaired) electrons. The fourth-order valence-electron chi connectivity index (χ4n) is 3.77. The van der Waals surface area contributed by atoms with Crippen molar-refractivity contribution in [2.75, 3.05) is 19.8 Å². The summed E-state index contributed by atoms with van der Waals surface area (Å²) in [5, 5.41) is 9.11. The number of aryl methyl sites for hydroxylation is 1. The summed E-state index contributed by atoms with van der Waals surface area (Å²) in [6.45, 7) is 2.18. The van der Waals surface area contributed by atoms with Crippen molar-refractivity contribution in [2.24, 2.45) is 0 Å². The monoisotopic (exact) mass is 461 g/mol. The van der Waals surface area contributed by atoms with Crippen molar-refractivity contribution in [3.05, 3.63) is 59.7 Å². The molecule has 0 unspecified atom stereocenters. The molecule has 8 nitrogen and oxygen atoms in total. The lowest BCUT2D eigenvalue weighted by Crippen LogP contribution is -2.54. The van der Waals surface area contributed by atoms with Crippen LogP contribution in [0, 0.1) is 0 Å². The first-order valence-corrected chi connectivity index (χ1v) is 11.9. The zero-order valence-corrected chi connectivity index (χ0v) is 18.7. The number of hydrogen-bond acceptors (Lipinski definition) is 7. The summed E-state index contributed by atoms with van der Waals surface area (Å²) >= 11 is 0. The van der Waals surface area contributed by atoms with Crippen molar-refractivity contribution in [3.8, 4) is 5.75 Å². The van der Waals surface area contributed by atoms with Crippen molar-refractivity contribution in [1.82, 2.24) is 5.48 Å². The van der Waals surface area contributed by atoms with Crippen molar-refractivity contribution < 1.29 is 32.7 Å². The number of ether oxygens (including phenoxy) is 2. The van der Waals surface area contributed by atoms with Gasteiger partial charge in [-0.05, 0) is 68.5 Å². The van der Waals surface area contributed by atoms with Gasteiger partial charge in [0.2, 0.25) is 0 Å². The predicted molar refractivity (Wildman–Crippen MR) is 117 cm³/mol. The molecule has 0 saturated carbocycles. The Kier molecular flexibility index (Phi) is 7.65. The first-order chi connectivity index (χ1) is 15.3. The molecular formula is C23H27NO7S. The SMILES string of the molecule is CC(=O)c1cccc(CCCOc2ccc(S(=O)(=O)C3(C(=O)NO)CCOCC3)cc2)c1. The fraction of sp³-hybridized carbons (Fsp3) is 0.391. The van der Waals surface area contributed by atoms with Gasteiger partial charge in [-0.2, -0.15) is 0 Å². The van der Waals surface area contributed by atoms with Gasteiger partial charge >= 0.3 is 0 Å². The third-order valence-electron chi connectivity index (χ3n) is 5.68. The molecule has 0 atom stereocenters. The highest BCUT2D eigenvalue weighted by molar-refractivity contribution is 7.93. The topological polar surface area (TPSA) is 119 Å². The van der Waals surface area contributed by atoms with Gasteiger partial charge in [0.1, 0.15) is 5.75 Å². The lowest BCUT2D eigenvalue weighted by Gasteiger charge is -2.34. The van der Waals surface area contributed by atoms with Crippen LogP contribution in [0.2, 0.25) is 0 Å². The average molecular weight is 462 g/mol. The summed E-state index contributed by atoms with van der Waals surface area (Å²) < 4.78 is 35.6. The quantitative estimate of drug-likeness (QED) is 0.255. The van der Waals surface area contributed by atoms with Crippen molar-refractivity contribution in [3.63, 3.8) is 0 Å². The highest BCUT2D eigenvalue weighted by Crippen LogP contribution is 2.35. The maximum atomic E-state index is 13.2. The Labute approximate surface area is 187 Å². The molecule has 2 aromatic rings. The largest absolute Gasteiger partial charge is 0.494 e. The molecule has 1 fully saturated rings. The van der Waals surface area contributed by atoms with Crippen LogP contribution in [0.1, 0.15) is 42.1 Å².